The Morgan fingerprint density at radius 2 is 1.79 bits per heavy atom. The number of hydrogen-bond donors (Lipinski definition) is 1. The van der Waals surface area contributed by atoms with Gasteiger partial charge in [0.25, 0.3) is 0 Å². The number of hydrogen-bond acceptors (Lipinski definition) is 5. The minimum atomic E-state index is -0.868. The van der Waals surface area contributed by atoms with Crippen molar-refractivity contribution in [2.45, 2.75) is 44.2 Å². The number of halogens is 1. The topological polar surface area (TPSA) is 62.2 Å². The average molecular weight is 457 g/mol. The van der Waals surface area contributed by atoms with Crippen LogP contribution in [0.25, 0.3) is 0 Å². The van der Waals surface area contributed by atoms with Crippen molar-refractivity contribution in [1.82, 2.24) is 9.80 Å². The Labute approximate surface area is 194 Å². The predicted octanol–water partition coefficient (Wildman–Crippen LogP) is 3.62. The van der Waals surface area contributed by atoms with E-state index in [1.807, 2.05) is 17.0 Å². The molecule has 6 nitrogen and oxygen atoms in total. The summed E-state index contributed by atoms with van der Waals surface area (Å²) in [6.45, 7) is 4.79. The summed E-state index contributed by atoms with van der Waals surface area (Å²) in [6, 6.07) is 14.0. The van der Waals surface area contributed by atoms with Gasteiger partial charge >= 0.3 is 0 Å². The summed E-state index contributed by atoms with van der Waals surface area (Å²) >= 11 is 0. The molecule has 1 N–H and O–H groups in total. The van der Waals surface area contributed by atoms with Crippen molar-refractivity contribution in [3.05, 3.63) is 59.9 Å². The maximum atomic E-state index is 13.0. The van der Waals surface area contributed by atoms with Gasteiger partial charge in [-0.15, -0.1) is 0 Å². The summed E-state index contributed by atoms with van der Waals surface area (Å²) in [5.41, 5.74) is 0.308. The molecule has 0 saturated carbocycles. The Morgan fingerprint density at radius 1 is 1.00 bits per heavy atom. The monoisotopic (exact) mass is 456 g/mol. The van der Waals surface area contributed by atoms with Gasteiger partial charge in [-0.3, -0.25) is 9.69 Å². The third-order valence-corrected chi connectivity index (χ3v) is 6.43. The number of carbonyl (C=O) groups excluding carboxylic acids is 1. The van der Waals surface area contributed by atoms with Gasteiger partial charge in [-0.05, 0) is 67.6 Å². The number of benzene rings is 2. The molecule has 0 aromatic heterocycles. The number of piperidine rings is 1. The normalized spacial score (nSPS) is 18.5. The third kappa shape index (κ3) is 6.92. The Bertz CT molecular complexity index is 913. The summed E-state index contributed by atoms with van der Waals surface area (Å²) < 4.78 is 24.6. The second-order valence-electron chi connectivity index (χ2n) is 9.08. The first-order chi connectivity index (χ1) is 16.0. The van der Waals surface area contributed by atoms with Crippen LogP contribution in [0.2, 0.25) is 0 Å². The van der Waals surface area contributed by atoms with E-state index in [1.165, 1.54) is 17.7 Å². The maximum Gasteiger partial charge on any atom is 0.222 e. The Morgan fingerprint density at radius 3 is 2.52 bits per heavy atom. The van der Waals surface area contributed by atoms with E-state index in [9.17, 15) is 14.3 Å². The molecule has 0 spiro atoms. The van der Waals surface area contributed by atoms with Crippen LogP contribution in [0.5, 0.6) is 11.5 Å². The molecular weight excluding hydrogens is 423 g/mol. The van der Waals surface area contributed by atoms with Crippen LogP contribution in [0.3, 0.4) is 0 Å². The van der Waals surface area contributed by atoms with E-state index in [1.54, 1.807) is 12.1 Å². The van der Waals surface area contributed by atoms with E-state index in [2.05, 4.69) is 17.0 Å². The number of aliphatic hydroxyl groups is 1. The second kappa shape index (κ2) is 11.0. The minimum absolute atomic E-state index is 0.207. The van der Waals surface area contributed by atoms with Crippen molar-refractivity contribution < 1.29 is 23.8 Å². The highest BCUT2D eigenvalue weighted by molar-refractivity contribution is 5.77. The van der Waals surface area contributed by atoms with Crippen LogP contribution >= 0.6 is 0 Å². The number of amides is 1. The standard InChI is InChI=1S/C26H33FN2O4/c27-22-7-9-23(10-8-22)33-20-26(31)11-15-28(16-12-26)19-21-4-1-5-24(18-21)32-17-3-14-29-13-2-6-25(29)30/h1,4-5,7-10,18,31H,2-3,6,11-17,19-20H2. The van der Waals surface area contributed by atoms with Crippen LogP contribution in [0, 0.1) is 5.82 Å². The number of ether oxygens (including phenoxy) is 2. The summed E-state index contributed by atoms with van der Waals surface area (Å²) in [7, 11) is 0. The largest absolute Gasteiger partial charge is 0.494 e. The molecular formula is C26H33FN2O4. The van der Waals surface area contributed by atoms with Crippen molar-refractivity contribution in [1.29, 1.82) is 0 Å². The van der Waals surface area contributed by atoms with Crippen LogP contribution in [-0.2, 0) is 11.3 Å². The van der Waals surface area contributed by atoms with Gasteiger partial charge in [-0.25, -0.2) is 4.39 Å². The van der Waals surface area contributed by atoms with Gasteiger partial charge in [-0.2, -0.15) is 0 Å². The zero-order chi connectivity index (χ0) is 23.1. The SMILES string of the molecule is O=C1CCCN1CCCOc1cccc(CN2CCC(O)(COc3ccc(F)cc3)CC2)c1. The third-order valence-electron chi connectivity index (χ3n) is 6.43. The molecule has 0 radical (unpaired) electrons. The maximum absolute atomic E-state index is 13.0. The van der Waals surface area contributed by atoms with Gasteiger partial charge in [-0.1, -0.05) is 12.1 Å². The number of likely N-dealkylation sites (tertiary alicyclic amines) is 2. The molecule has 2 aromatic carbocycles. The lowest BCUT2D eigenvalue weighted by atomic mass is 9.92. The summed E-state index contributed by atoms with van der Waals surface area (Å²) in [5.74, 6) is 1.37. The van der Waals surface area contributed by atoms with Crippen molar-refractivity contribution in [3.63, 3.8) is 0 Å². The molecule has 2 aromatic rings. The molecule has 2 aliphatic rings. The van der Waals surface area contributed by atoms with Gasteiger partial charge in [0.1, 0.15) is 29.5 Å². The molecule has 7 heteroatoms. The minimum Gasteiger partial charge on any atom is -0.494 e. The molecule has 178 valence electrons. The molecule has 2 aliphatic heterocycles. The van der Waals surface area contributed by atoms with Crippen LogP contribution < -0.4 is 9.47 Å². The Kier molecular flexibility index (Phi) is 7.83. The van der Waals surface area contributed by atoms with Gasteiger partial charge < -0.3 is 19.5 Å². The first-order valence-electron chi connectivity index (χ1n) is 11.8. The molecule has 2 fully saturated rings. The molecule has 2 saturated heterocycles. The summed E-state index contributed by atoms with van der Waals surface area (Å²) in [4.78, 5) is 15.9. The fraction of sp³-hybridized carbons (Fsp3) is 0.500. The second-order valence-corrected chi connectivity index (χ2v) is 9.08. The Balaban J connectivity index is 1.18. The quantitative estimate of drug-likeness (QED) is 0.554. The van der Waals surface area contributed by atoms with Crippen LogP contribution in [-0.4, -0.2) is 65.8 Å². The molecule has 1 amide bonds. The van der Waals surface area contributed by atoms with Crippen molar-refractivity contribution in [2.75, 3.05) is 39.4 Å². The Hall–Kier alpha value is -2.64. The fourth-order valence-corrected chi connectivity index (χ4v) is 4.40. The highest BCUT2D eigenvalue weighted by Gasteiger charge is 2.33. The number of nitrogens with zero attached hydrogens (tertiary/aromatic N) is 2. The zero-order valence-corrected chi connectivity index (χ0v) is 19.0. The smallest absolute Gasteiger partial charge is 0.222 e. The van der Waals surface area contributed by atoms with Crippen molar-refractivity contribution in [3.8, 4) is 11.5 Å². The molecule has 0 bridgehead atoms. The van der Waals surface area contributed by atoms with Crippen LogP contribution in [0.1, 0.15) is 37.7 Å². The van der Waals surface area contributed by atoms with Crippen LogP contribution in [0.4, 0.5) is 4.39 Å². The summed E-state index contributed by atoms with van der Waals surface area (Å²) in [6.07, 6.45) is 3.73. The van der Waals surface area contributed by atoms with Gasteiger partial charge in [0, 0.05) is 39.1 Å². The number of rotatable bonds is 10. The van der Waals surface area contributed by atoms with Crippen LogP contribution in [0.15, 0.2) is 48.5 Å². The van der Waals surface area contributed by atoms with Gasteiger partial charge in [0.05, 0.1) is 6.61 Å². The van der Waals surface area contributed by atoms with Gasteiger partial charge in [0.15, 0.2) is 0 Å². The fourth-order valence-electron chi connectivity index (χ4n) is 4.40. The lowest BCUT2D eigenvalue weighted by Gasteiger charge is -2.38. The van der Waals surface area contributed by atoms with E-state index >= 15 is 0 Å². The first-order valence-corrected chi connectivity index (χ1v) is 11.8. The molecule has 33 heavy (non-hydrogen) atoms. The van der Waals surface area contributed by atoms with E-state index in [4.69, 9.17) is 9.47 Å². The number of carbonyl (C=O) groups is 1. The molecule has 2 heterocycles. The van der Waals surface area contributed by atoms with E-state index in [-0.39, 0.29) is 18.3 Å². The molecule has 0 aliphatic carbocycles. The molecule has 0 unspecified atom stereocenters. The zero-order valence-electron chi connectivity index (χ0n) is 19.0. The van der Waals surface area contributed by atoms with Gasteiger partial charge in [0.2, 0.25) is 5.91 Å². The molecule has 4 rings (SSSR count). The highest BCUT2D eigenvalue weighted by Crippen LogP contribution is 2.26. The summed E-state index contributed by atoms with van der Waals surface area (Å²) in [5, 5.41) is 10.9. The predicted molar refractivity (Wildman–Crippen MR) is 124 cm³/mol. The van der Waals surface area contributed by atoms with Crippen molar-refractivity contribution >= 4 is 5.91 Å². The van der Waals surface area contributed by atoms with E-state index in [0.717, 1.165) is 51.3 Å². The average Bonchev–Trinajstić information content (AvgIpc) is 3.23. The highest BCUT2D eigenvalue weighted by atomic mass is 19.1. The van der Waals surface area contributed by atoms with E-state index in [0.29, 0.717) is 31.6 Å². The molecule has 0 atom stereocenters. The van der Waals surface area contributed by atoms with Crippen molar-refractivity contribution in [2.24, 2.45) is 0 Å². The van der Waals surface area contributed by atoms with E-state index < -0.39 is 5.60 Å². The first kappa shape index (κ1) is 23.5. The lowest BCUT2D eigenvalue weighted by Crippen LogP contribution is -2.47. The lowest BCUT2D eigenvalue weighted by molar-refractivity contribution is -0.127.